The number of carbonyl (C=O) groups is 1. The molecule has 1 atom stereocenters. The van der Waals surface area contributed by atoms with Crippen molar-refractivity contribution in [2.45, 2.75) is 18.9 Å². The summed E-state index contributed by atoms with van der Waals surface area (Å²) < 4.78 is 0. The predicted octanol–water partition coefficient (Wildman–Crippen LogP) is 1.66. The lowest BCUT2D eigenvalue weighted by atomic mass is 10.0. The van der Waals surface area contributed by atoms with Crippen LogP contribution in [0.1, 0.15) is 12.0 Å². The monoisotopic (exact) mass is 271 g/mol. The van der Waals surface area contributed by atoms with Crippen molar-refractivity contribution in [2.75, 3.05) is 0 Å². The molecule has 0 heterocycles. The van der Waals surface area contributed by atoms with Gasteiger partial charge in [0.25, 0.3) is 0 Å². The van der Waals surface area contributed by atoms with E-state index in [-0.39, 0.29) is 12.3 Å². The molecular weight excluding hydrogens is 258 g/mol. The van der Waals surface area contributed by atoms with E-state index >= 15 is 0 Å². The lowest BCUT2D eigenvalue weighted by molar-refractivity contribution is 0.190. The molecule has 0 saturated carbocycles. The highest BCUT2D eigenvalue weighted by atomic mass is 35.5. The molecular formula is C11H14ClN3O3. The number of benzene rings is 1. The van der Waals surface area contributed by atoms with E-state index in [4.69, 9.17) is 27.6 Å². The van der Waals surface area contributed by atoms with E-state index in [0.717, 1.165) is 5.56 Å². The summed E-state index contributed by atoms with van der Waals surface area (Å²) in [5.41, 5.74) is 6.28. The highest BCUT2D eigenvalue weighted by molar-refractivity contribution is 6.30. The molecule has 0 bridgehead atoms. The van der Waals surface area contributed by atoms with Gasteiger partial charge in [-0.05, 0) is 24.1 Å². The van der Waals surface area contributed by atoms with Gasteiger partial charge in [-0.3, -0.25) is 0 Å². The highest BCUT2D eigenvalue weighted by Crippen LogP contribution is 2.12. The van der Waals surface area contributed by atoms with E-state index < -0.39 is 12.1 Å². The summed E-state index contributed by atoms with van der Waals surface area (Å²) in [5.74, 6) is -0.0253. The number of nitrogens with zero attached hydrogens (tertiary/aromatic N) is 1. The fourth-order valence-corrected chi connectivity index (χ4v) is 1.67. The van der Waals surface area contributed by atoms with Crippen molar-refractivity contribution < 1.29 is 15.1 Å². The quantitative estimate of drug-likeness (QED) is 0.283. The second-order valence-corrected chi connectivity index (χ2v) is 4.21. The Labute approximate surface area is 109 Å². The third kappa shape index (κ3) is 4.92. The van der Waals surface area contributed by atoms with Gasteiger partial charge in [0.05, 0.1) is 0 Å². The van der Waals surface area contributed by atoms with Crippen molar-refractivity contribution >= 4 is 23.5 Å². The van der Waals surface area contributed by atoms with E-state index in [1.165, 1.54) is 0 Å². The molecule has 0 aromatic heterocycles. The number of carboxylic acid groups (broad SMARTS) is 1. The van der Waals surface area contributed by atoms with Gasteiger partial charge in [-0.1, -0.05) is 28.9 Å². The average molecular weight is 272 g/mol. The van der Waals surface area contributed by atoms with Crippen molar-refractivity contribution in [3.63, 3.8) is 0 Å². The minimum Gasteiger partial charge on any atom is -0.465 e. The normalized spacial score (nSPS) is 13.1. The van der Waals surface area contributed by atoms with Crippen LogP contribution in [0.2, 0.25) is 5.02 Å². The topological polar surface area (TPSA) is 108 Å². The van der Waals surface area contributed by atoms with Crippen molar-refractivity contribution in [1.82, 2.24) is 5.32 Å². The first kappa shape index (κ1) is 14.1. The molecule has 6 nitrogen and oxygen atoms in total. The molecule has 7 heteroatoms. The molecule has 5 N–H and O–H groups in total. The molecule has 0 spiro atoms. The van der Waals surface area contributed by atoms with Crippen LogP contribution >= 0.6 is 11.6 Å². The number of rotatable bonds is 5. The number of nitrogens with one attached hydrogen (secondary N) is 1. The molecule has 1 aromatic rings. The lowest BCUT2D eigenvalue weighted by Gasteiger charge is -2.16. The lowest BCUT2D eigenvalue weighted by Crippen LogP contribution is -2.38. The van der Waals surface area contributed by atoms with Crippen LogP contribution in [-0.4, -0.2) is 28.3 Å². The molecule has 1 amide bonds. The molecule has 0 radical (unpaired) electrons. The summed E-state index contributed by atoms with van der Waals surface area (Å²) in [6, 6.07) is 6.58. The summed E-state index contributed by atoms with van der Waals surface area (Å²) in [6.07, 6.45) is -0.592. The van der Waals surface area contributed by atoms with Gasteiger partial charge >= 0.3 is 6.09 Å². The van der Waals surface area contributed by atoms with Gasteiger partial charge in [0.15, 0.2) is 0 Å². The molecule has 0 saturated heterocycles. The second kappa shape index (κ2) is 6.70. The summed E-state index contributed by atoms with van der Waals surface area (Å²) in [5, 5.41) is 23.0. The number of amides is 1. The Morgan fingerprint density at radius 1 is 1.44 bits per heavy atom. The van der Waals surface area contributed by atoms with Crippen LogP contribution in [-0.2, 0) is 6.42 Å². The third-order valence-electron chi connectivity index (χ3n) is 2.31. The first-order valence-electron chi connectivity index (χ1n) is 5.21. The van der Waals surface area contributed by atoms with Gasteiger partial charge < -0.3 is 21.4 Å². The van der Waals surface area contributed by atoms with Gasteiger partial charge in [-0.2, -0.15) is 0 Å². The molecule has 18 heavy (non-hydrogen) atoms. The van der Waals surface area contributed by atoms with E-state index in [9.17, 15) is 4.79 Å². The fraction of sp³-hybridized carbons (Fsp3) is 0.273. The van der Waals surface area contributed by atoms with E-state index in [1.54, 1.807) is 24.3 Å². The Bertz CT molecular complexity index is 434. The number of hydrogen-bond donors (Lipinski definition) is 4. The van der Waals surface area contributed by atoms with Crippen LogP contribution in [0.4, 0.5) is 4.79 Å². The maximum atomic E-state index is 10.6. The van der Waals surface area contributed by atoms with E-state index in [1.807, 2.05) is 0 Å². The first-order valence-corrected chi connectivity index (χ1v) is 5.59. The zero-order valence-corrected chi connectivity index (χ0v) is 10.3. The van der Waals surface area contributed by atoms with Crippen LogP contribution in [0, 0.1) is 0 Å². The van der Waals surface area contributed by atoms with Crippen LogP contribution in [0.3, 0.4) is 0 Å². The first-order chi connectivity index (χ1) is 8.51. The molecule has 0 aliphatic rings. The van der Waals surface area contributed by atoms with Crippen LogP contribution in [0.25, 0.3) is 0 Å². The molecule has 0 aliphatic heterocycles. The minimum atomic E-state index is -1.15. The Hall–Kier alpha value is -1.95. The summed E-state index contributed by atoms with van der Waals surface area (Å²) >= 11 is 5.76. The average Bonchev–Trinajstić information content (AvgIpc) is 2.31. The van der Waals surface area contributed by atoms with Gasteiger partial charge in [-0.15, -0.1) is 0 Å². The minimum absolute atomic E-state index is 0.0253. The predicted molar refractivity (Wildman–Crippen MR) is 68.1 cm³/mol. The number of amidine groups is 1. The van der Waals surface area contributed by atoms with Gasteiger partial charge in [0.1, 0.15) is 5.84 Å². The maximum absolute atomic E-state index is 10.6. The SMILES string of the molecule is N/C(C[C@H](Cc1ccc(Cl)cc1)NC(=O)O)=N\O. The number of halogens is 1. The van der Waals surface area contributed by atoms with E-state index in [0.29, 0.717) is 11.4 Å². The van der Waals surface area contributed by atoms with Gasteiger partial charge in [0.2, 0.25) is 0 Å². The smallest absolute Gasteiger partial charge is 0.404 e. The molecule has 1 aromatic carbocycles. The fourth-order valence-electron chi connectivity index (χ4n) is 1.55. The zero-order chi connectivity index (χ0) is 13.5. The van der Waals surface area contributed by atoms with Crippen LogP contribution in [0.5, 0.6) is 0 Å². The Balaban J connectivity index is 2.71. The van der Waals surface area contributed by atoms with Crippen molar-refractivity contribution in [3.8, 4) is 0 Å². The Kier molecular flexibility index (Phi) is 5.26. The summed E-state index contributed by atoms with van der Waals surface area (Å²) in [4.78, 5) is 10.6. The highest BCUT2D eigenvalue weighted by Gasteiger charge is 2.14. The van der Waals surface area contributed by atoms with Gasteiger partial charge in [-0.25, -0.2) is 4.79 Å². The number of oxime groups is 1. The summed E-state index contributed by atoms with van der Waals surface area (Å²) in [6.45, 7) is 0. The van der Waals surface area contributed by atoms with Crippen molar-refractivity contribution in [2.24, 2.45) is 10.9 Å². The summed E-state index contributed by atoms with van der Waals surface area (Å²) in [7, 11) is 0. The molecule has 0 fully saturated rings. The standard InChI is InChI=1S/C11H14ClN3O3/c12-8-3-1-7(2-4-8)5-9(14-11(16)17)6-10(13)15-18/h1-4,9,14,18H,5-6H2,(H2,13,15)(H,16,17)/t9-/m0/s1. The van der Waals surface area contributed by atoms with Crippen LogP contribution < -0.4 is 11.1 Å². The maximum Gasteiger partial charge on any atom is 0.404 e. The third-order valence-corrected chi connectivity index (χ3v) is 2.56. The molecule has 0 aliphatic carbocycles. The Morgan fingerprint density at radius 3 is 2.56 bits per heavy atom. The number of nitrogens with two attached hydrogens (primary N) is 1. The van der Waals surface area contributed by atoms with Crippen molar-refractivity contribution in [3.05, 3.63) is 34.9 Å². The largest absolute Gasteiger partial charge is 0.465 e. The van der Waals surface area contributed by atoms with Crippen LogP contribution in [0.15, 0.2) is 29.4 Å². The second-order valence-electron chi connectivity index (χ2n) is 3.77. The van der Waals surface area contributed by atoms with E-state index in [2.05, 4.69) is 10.5 Å². The van der Waals surface area contributed by atoms with Crippen molar-refractivity contribution in [1.29, 1.82) is 0 Å². The molecule has 0 unspecified atom stereocenters. The molecule has 1 rings (SSSR count). The molecule has 98 valence electrons. The zero-order valence-electron chi connectivity index (χ0n) is 9.51. The number of hydrogen-bond acceptors (Lipinski definition) is 3. The Morgan fingerprint density at radius 2 is 2.06 bits per heavy atom. The van der Waals surface area contributed by atoms with Gasteiger partial charge in [0, 0.05) is 17.5 Å².